The SMILES string of the molecule is CC(C)(C)SCC1=CCC=C1. The minimum absolute atomic E-state index is 0.400. The van der Waals surface area contributed by atoms with Crippen molar-refractivity contribution >= 4 is 11.8 Å². The summed E-state index contributed by atoms with van der Waals surface area (Å²) in [4.78, 5) is 0. The van der Waals surface area contributed by atoms with Gasteiger partial charge in [0.05, 0.1) is 0 Å². The lowest BCUT2D eigenvalue weighted by Crippen LogP contribution is -2.08. The zero-order valence-corrected chi connectivity index (χ0v) is 8.37. The van der Waals surface area contributed by atoms with Crippen LogP contribution in [0.5, 0.6) is 0 Å². The highest BCUT2D eigenvalue weighted by Gasteiger charge is 2.10. The second kappa shape index (κ2) is 3.48. The molecule has 0 nitrogen and oxygen atoms in total. The molecular formula is C10H16S. The third-order valence-corrected chi connectivity index (χ3v) is 2.86. The molecule has 0 radical (unpaired) electrons. The van der Waals surface area contributed by atoms with Crippen molar-refractivity contribution in [3.63, 3.8) is 0 Å². The molecule has 0 bridgehead atoms. The molecule has 0 aromatic carbocycles. The van der Waals surface area contributed by atoms with Crippen LogP contribution in [0.4, 0.5) is 0 Å². The number of hydrogen-bond donors (Lipinski definition) is 0. The van der Waals surface area contributed by atoms with E-state index in [1.165, 1.54) is 11.3 Å². The highest BCUT2D eigenvalue weighted by molar-refractivity contribution is 8.00. The van der Waals surface area contributed by atoms with Crippen LogP contribution in [0.15, 0.2) is 23.8 Å². The molecule has 11 heavy (non-hydrogen) atoms. The van der Waals surface area contributed by atoms with Gasteiger partial charge in [0.15, 0.2) is 0 Å². The minimum Gasteiger partial charge on any atom is -0.151 e. The summed E-state index contributed by atoms with van der Waals surface area (Å²) < 4.78 is 0.400. The Morgan fingerprint density at radius 1 is 1.45 bits per heavy atom. The maximum absolute atomic E-state index is 2.30. The summed E-state index contributed by atoms with van der Waals surface area (Å²) in [5.41, 5.74) is 1.49. The van der Waals surface area contributed by atoms with Crippen molar-refractivity contribution in [2.75, 3.05) is 5.75 Å². The molecule has 0 aromatic heterocycles. The van der Waals surface area contributed by atoms with E-state index >= 15 is 0 Å². The molecule has 0 aliphatic heterocycles. The van der Waals surface area contributed by atoms with Crippen LogP contribution < -0.4 is 0 Å². The molecule has 1 rings (SSSR count). The van der Waals surface area contributed by atoms with Gasteiger partial charge < -0.3 is 0 Å². The fraction of sp³-hybridized carbons (Fsp3) is 0.600. The first kappa shape index (κ1) is 8.92. The summed E-state index contributed by atoms with van der Waals surface area (Å²) in [6.45, 7) is 6.78. The Morgan fingerprint density at radius 3 is 2.64 bits per heavy atom. The average molecular weight is 168 g/mol. The maximum Gasteiger partial charge on any atom is 0.0186 e. The molecule has 0 heterocycles. The molecule has 0 saturated carbocycles. The Balaban J connectivity index is 2.28. The zero-order valence-electron chi connectivity index (χ0n) is 7.55. The molecule has 0 aromatic rings. The van der Waals surface area contributed by atoms with Crippen molar-refractivity contribution < 1.29 is 0 Å². The molecular weight excluding hydrogens is 152 g/mol. The highest BCUT2D eigenvalue weighted by Crippen LogP contribution is 2.26. The van der Waals surface area contributed by atoms with Gasteiger partial charge >= 0.3 is 0 Å². The van der Waals surface area contributed by atoms with Gasteiger partial charge in [-0.1, -0.05) is 39.0 Å². The molecule has 1 aliphatic rings. The smallest absolute Gasteiger partial charge is 0.0186 e. The third kappa shape index (κ3) is 3.66. The van der Waals surface area contributed by atoms with Crippen LogP contribution in [-0.2, 0) is 0 Å². The van der Waals surface area contributed by atoms with Gasteiger partial charge in [-0.15, -0.1) is 0 Å². The van der Waals surface area contributed by atoms with Crippen molar-refractivity contribution in [2.45, 2.75) is 31.9 Å². The van der Waals surface area contributed by atoms with E-state index in [2.05, 4.69) is 39.0 Å². The van der Waals surface area contributed by atoms with E-state index in [0.717, 1.165) is 6.42 Å². The van der Waals surface area contributed by atoms with Crippen LogP contribution in [-0.4, -0.2) is 10.5 Å². The summed E-state index contributed by atoms with van der Waals surface area (Å²) in [5.74, 6) is 1.17. The second-order valence-corrected chi connectivity index (χ2v) is 5.62. The minimum atomic E-state index is 0.400. The molecule has 0 amide bonds. The van der Waals surface area contributed by atoms with E-state index in [4.69, 9.17) is 0 Å². The summed E-state index contributed by atoms with van der Waals surface area (Å²) in [7, 11) is 0. The largest absolute Gasteiger partial charge is 0.151 e. The van der Waals surface area contributed by atoms with E-state index in [-0.39, 0.29) is 0 Å². The lowest BCUT2D eigenvalue weighted by atomic mass is 10.3. The van der Waals surface area contributed by atoms with Crippen molar-refractivity contribution in [3.8, 4) is 0 Å². The average Bonchev–Trinajstić information content (AvgIpc) is 2.32. The van der Waals surface area contributed by atoms with E-state index in [1.54, 1.807) is 0 Å². The predicted octanol–water partition coefficient (Wildman–Crippen LogP) is 3.40. The molecule has 0 spiro atoms. The molecule has 0 atom stereocenters. The van der Waals surface area contributed by atoms with Crippen LogP contribution >= 0.6 is 11.8 Å². The highest BCUT2D eigenvalue weighted by atomic mass is 32.2. The van der Waals surface area contributed by atoms with Crippen molar-refractivity contribution in [1.29, 1.82) is 0 Å². The third-order valence-electron chi connectivity index (χ3n) is 1.52. The van der Waals surface area contributed by atoms with Gasteiger partial charge in [-0.25, -0.2) is 0 Å². The quantitative estimate of drug-likeness (QED) is 0.609. The van der Waals surface area contributed by atoms with Crippen molar-refractivity contribution in [1.82, 2.24) is 0 Å². The number of allylic oxidation sites excluding steroid dienone is 3. The fourth-order valence-electron chi connectivity index (χ4n) is 0.914. The maximum atomic E-state index is 2.30. The monoisotopic (exact) mass is 168 g/mol. The molecule has 1 heteroatoms. The van der Waals surface area contributed by atoms with Crippen LogP contribution in [0, 0.1) is 0 Å². The van der Waals surface area contributed by atoms with Crippen LogP contribution in [0.3, 0.4) is 0 Å². The first-order valence-corrected chi connectivity index (χ1v) is 5.06. The summed E-state index contributed by atoms with van der Waals surface area (Å²) in [6, 6.07) is 0. The van der Waals surface area contributed by atoms with Gasteiger partial charge in [0.25, 0.3) is 0 Å². The van der Waals surface area contributed by atoms with Gasteiger partial charge in [-0.3, -0.25) is 0 Å². The van der Waals surface area contributed by atoms with Crippen molar-refractivity contribution in [2.24, 2.45) is 0 Å². The van der Waals surface area contributed by atoms with Gasteiger partial charge in [-0.05, 0) is 12.0 Å². The van der Waals surface area contributed by atoms with Gasteiger partial charge in [0.2, 0.25) is 0 Å². The Labute approximate surface area is 73.8 Å². The summed E-state index contributed by atoms with van der Waals surface area (Å²) in [6.07, 6.45) is 7.90. The van der Waals surface area contributed by atoms with Crippen LogP contribution in [0.25, 0.3) is 0 Å². The molecule has 0 fully saturated rings. The molecule has 0 saturated heterocycles. The Kier molecular flexibility index (Phi) is 2.83. The molecule has 0 unspecified atom stereocenters. The molecule has 1 aliphatic carbocycles. The van der Waals surface area contributed by atoms with E-state index in [1.807, 2.05) is 11.8 Å². The predicted molar refractivity (Wildman–Crippen MR) is 54.1 cm³/mol. The van der Waals surface area contributed by atoms with Gasteiger partial charge in [0, 0.05) is 10.5 Å². The molecule has 62 valence electrons. The first-order valence-electron chi connectivity index (χ1n) is 4.07. The van der Waals surface area contributed by atoms with Crippen molar-refractivity contribution in [3.05, 3.63) is 23.8 Å². The summed E-state index contributed by atoms with van der Waals surface area (Å²) in [5, 5.41) is 0. The van der Waals surface area contributed by atoms with E-state index in [9.17, 15) is 0 Å². The Bertz CT molecular complexity index is 182. The van der Waals surface area contributed by atoms with Crippen LogP contribution in [0.1, 0.15) is 27.2 Å². The van der Waals surface area contributed by atoms with E-state index < -0.39 is 0 Å². The lowest BCUT2D eigenvalue weighted by Gasteiger charge is -2.17. The Hall–Kier alpha value is -0.170. The number of rotatable bonds is 2. The standard InChI is InChI=1S/C10H16S/c1-10(2,3)11-8-9-6-4-5-7-9/h4,6-7H,5,8H2,1-3H3. The summed E-state index contributed by atoms with van der Waals surface area (Å²) >= 11 is 2.01. The normalized spacial score (nSPS) is 17.2. The first-order chi connectivity index (χ1) is 5.08. The number of hydrogen-bond acceptors (Lipinski definition) is 1. The topological polar surface area (TPSA) is 0 Å². The number of thioether (sulfide) groups is 1. The van der Waals surface area contributed by atoms with Crippen LogP contribution in [0.2, 0.25) is 0 Å². The second-order valence-electron chi connectivity index (χ2n) is 3.82. The van der Waals surface area contributed by atoms with Gasteiger partial charge in [0.1, 0.15) is 0 Å². The molecule has 0 N–H and O–H groups in total. The fourth-order valence-corrected chi connectivity index (χ4v) is 1.73. The Morgan fingerprint density at radius 2 is 2.18 bits per heavy atom. The van der Waals surface area contributed by atoms with E-state index in [0.29, 0.717) is 4.75 Å². The lowest BCUT2D eigenvalue weighted by molar-refractivity contribution is 0.804. The van der Waals surface area contributed by atoms with Gasteiger partial charge in [-0.2, -0.15) is 11.8 Å². The zero-order chi connectivity index (χ0) is 8.32.